The van der Waals surface area contributed by atoms with Gasteiger partial charge in [-0.2, -0.15) is 0 Å². The third-order valence-electron chi connectivity index (χ3n) is 5.39. The molecular weight excluding hydrogens is 292 g/mol. The Balaban J connectivity index is 1.69. The Morgan fingerprint density at radius 2 is 1.62 bits per heavy atom. The summed E-state index contributed by atoms with van der Waals surface area (Å²) in [7, 11) is 0. The zero-order valence-corrected chi connectivity index (χ0v) is 15.0. The molecule has 24 heavy (non-hydrogen) atoms. The zero-order valence-electron chi connectivity index (χ0n) is 15.0. The van der Waals surface area contributed by atoms with Crippen LogP contribution in [0, 0.1) is 5.92 Å². The number of benzene rings is 2. The van der Waals surface area contributed by atoms with Crippen molar-refractivity contribution in [3.63, 3.8) is 0 Å². The Morgan fingerprint density at radius 1 is 1.00 bits per heavy atom. The lowest BCUT2D eigenvalue weighted by Gasteiger charge is -2.43. The molecule has 2 nitrogen and oxygen atoms in total. The second kappa shape index (κ2) is 8.46. The standard InChI is InChI=1S/C22H30N2/c1-3-18(2)22-15-23-21(14-19-10-6-4-7-11-19)17-24(22)16-20-12-8-5-9-13-20/h4-13,18,21-23H,3,14-17H2,1-2H3. The molecule has 2 aromatic carbocycles. The summed E-state index contributed by atoms with van der Waals surface area (Å²) in [5.74, 6) is 0.721. The van der Waals surface area contributed by atoms with Crippen LogP contribution in [-0.4, -0.2) is 30.1 Å². The first kappa shape index (κ1) is 17.2. The highest BCUT2D eigenvalue weighted by Gasteiger charge is 2.30. The molecule has 0 aliphatic carbocycles. The van der Waals surface area contributed by atoms with Gasteiger partial charge >= 0.3 is 0 Å². The quantitative estimate of drug-likeness (QED) is 0.861. The van der Waals surface area contributed by atoms with Crippen molar-refractivity contribution in [1.82, 2.24) is 10.2 Å². The van der Waals surface area contributed by atoms with Crippen molar-refractivity contribution < 1.29 is 0 Å². The third-order valence-corrected chi connectivity index (χ3v) is 5.39. The van der Waals surface area contributed by atoms with Crippen LogP contribution in [0.1, 0.15) is 31.4 Å². The van der Waals surface area contributed by atoms with Crippen LogP contribution >= 0.6 is 0 Å². The molecule has 0 spiro atoms. The molecule has 1 fully saturated rings. The van der Waals surface area contributed by atoms with E-state index in [4.69, 9.17) is 0 Å². The van der Waals surface area contributed by atoms with Gasteiger partial charge in [0.05, 0.1) is 0 Å². The summed E-state index contributed by atoms with van der Waals surface area (Å²) in [6, 6.07) is 22.9. The maximum atomic E-state index is 3.81. The maximum Gasteiger partial charge on any atom is 0.0250 e. The van der Waals surface area contributed by atoms with Gasteiger partial charge in [0.2, 0.25) is 0 Å². The molecule has 128 valence electrons. The Labute approximate surface area is 146 Å². The van der Waals surface area contributed by atoms with Crippen LogP contribution in [0.2, 0.25) is 0 Å². The van der Waals surface area contributed by atoms with E-state index in [0.29, 0.717) is 12.1 Å². The van der Waals surface area contributed by atoms with Gasteiger partial charge in [-0.15, -0.1) is 0 Å². The van der Waals surface area contributed by atoms with Crippen LogP contribution in [0.4, 0.5) is 0 Å². The van der Waals surface area contributed by atoms with Crippen molar-refractivity contribution >= 4 is 0 Å². The Morgan fingerprint density at radius 3 is 2.25 bits per heavy atom. The van der Waals surface area contributed by atoms with Crippen molar-refractivity contribution in [2.24, 2.45) is 5.92 Å². The first-order valence-electron chi connectivity index (χ1n) is 9.31. The predicted molar refractivity (Wildman–Crippen MR) is 102 cm³/mol. The molecule has 0 aromatic heterocycles. The highest BCUT2D eigenvalue weighted by atomic mass is 15.2. The SMILES string of the molecule is CCC(C)C1CNC(Cc2ccccc2)CN1Cc1ccccc1. The van der Waals surface area contributed by atoms with E-state index in [1.165, 1.54) is 17.5 Å². The van der Waals surface area contributed by atoms with Crippen molar-refractivity contribution in [3.8, 4) is 0 Å². The van der Waals surface area contributed by atoms with Gasteiger partial charge in [-0.3, -0.25) is 4.90 Å². The number of rotatable bonds is 6. The zero-order chi connectivity index (χ0) is 16.8. The van der Waals surface area contributed by atoms with Crippen molar-refractivity contribution in [1.29, 1.82) is 0 Å². The molecule has 0 bridgehead atoms. The molecule has 2 heteroatoms. The maximum absolute atomic E-state index is 3.81. The van der Waals surface area contributed by atoms with Crippen LogP contribution < -0.4 is 5.32 Å². The molecule has 0 amide bonds. The second-order valence-electron chi connectivity index (χ2n) is 7.16. The van der Waals surface area contributed by atoms with Gasteiger partial charge < -0.3 is 5.32 Å². The minimum Gasteiger partial charge on any atom is -0.311 e. The minimum absolute atomic E-state index is 0.538. The number of hydrogen-bond donors (Lipinski definition) is 1. The second-order valence-corrected chi connectivity index (χ2v) is 7.16. The highest BCUT2D eigenvalue weighted by Crippen LogP contribution is 2.21. The molecule has 3 atom stereocenters. The van der Waals surface area contributed by atoms with E-state index in [2.05, 4.69) is 84.7 Å². The molecule has 0 saturated carbocycles. The van der Waals surface area contributed by atoms with E-state index in [9.17, 15) is 0 Å². The molecule has 1 aliphatic rings. The van der Waals surface area contributed by atoms with E-state index >= 15 is 0 Å². The first-order valence-corrected chi connectivity index (χ1v) is 9.31. The van der Waals surface area contributed by atoms with Crippen molar-refractivity contribution in [3.05, 3.63) is 71.8 Å². The summed E-state index contributed by atoms with van der Waals surface area (Å²) in [6.07, 6.45) is 2.35. The Kier molecular flexibility index (Phi) is 6.06. The van der Waals surface area contributed by atoms with E-state index < -0.39 is 0 Å². The van der Waals surface area contributed by atoms with Gasteiger partial charge in [0, 0.05) is 31.7 Å². The lowest BCUT2D eigenvalue weighted by atomic mass is 9.92. The molecule has 3 rings (SSSR count). The third kappa shape index (κ3) is 4.46. The Hall–Kier alpha value is -1.64. The number of piperazine rings is 1. The molecular formula is C22H30N2. The fraction of sp³-hybridized carbons (Fsp3) is 0.455. The molecule has 3 unspecified atom stereocenters. The number of nitrogens with zero attached hydrogens (tertiary/aromatic N) is 1. The predicted octanol–water partition coefficient (Wildman–Crippen LogP) is 4.12. The van der Waals surface area contributed by atoms with E-state index in [1.54, 1.807) is 0 Å². The summed E-state index contributed by atoms with van der Waals surface area (Å²) < 4.78 is 0. The van der Waals surface area contributed by atoms with Gasteiger partial charge in [0.25, 0.3) is 0 Å². The van der Waals surface area contributed by atoms with Gasteiger partial charge in [-0.05, 0) is 23.5 Å². The normalized spacial score (nSPS) is 23.1. The highest BCUT2D eigenvalue weighted by molar-refractivity contribution is 5.17. The van der Waals surface area contributed by atoms with Gasteiger partial charge in [-0.1, -0.05) is 80.9 Å². The van der Waals surface area contributed by atoms with Crippen molar-refractivity contribution in [2.75, 3.05) is 13.1 Å². The monoisotopic (exact) mass is 322 g/mol. The largest absolute Gasteiger partial charge is 0.311 e. The fourth-order valence-corrected chi connectivity index (χ4v) is 3.77. The molecule has 1 heterocycles. The summed E-state index contributed by atoms with van der Waals surface area (Å²) in [6.45, 7) is 7.98. The first-order chi connectivity index (χ1) is 11.8. The van der Waals surface area contributed by atoms with E-state index in [1.807, 2.05) is 0 Å². The van der Waals surface area contributed by atoms with E-state index in [0.717, 1.165) is 32.0 Å². The lowest BCUT2D eigenvalue weighted by Crippen LogP contribution is -2.58. The molecule has 1 N–H and O–H groups in total. The summed E-state index contributed by atoms with van der Waals surface area (Å²) in [4.78, 5) is 2.70. The smallest absolute Gasteiger partial charge is 0.0250 e. The van der Waals surface area contributed by atoms with E-state index in [-0.39, 0.29) is 0 Å². The van der Waals surface area contributed by atoms with Gasteiger partial charge in [0.1, 0.15) is 0 Å². The summed E-state index contributed by atoms with van der Waals surface area (Å²) in [5.41, 5.74) is 2.85. The fourth-order valence-electron chi connectivity index (χ4n) is 3.77. The van der Waals surface area contributed by atoms with Crippen LogP contribution in [0.15, 0.2) is 60.7 Å². The molecule has 1 aliphatic heterocycles. The molecule has 0 radical (unpaired) electrons. The van der Waals surface area contributed by atoms with Gasteiger partial charge in [0.15, 0.2) is 0 Å². The van der Waals surface area contributed by atoms with Crippen LogP contribution in [0.3, 0.4) is 0 Å². The lowest BCUT2D eigenvalue weighted by molar-refractivity contribution is 0.0842. The molecule has 1 saturated heterocycles. The average Bonchev–Trinajstić information content (AvgIpc) is 2.63. The number of hydrogen-bond acceptors (Lipinski definition) is 2. The topological polar surface area (TPSA) is 15.3 Å². The molecule has 2 aromatic rings. The van der Waals surface area contributed by atoms with Crippen molar-refractivity contribution in [2.45, 2.75) is 45.3 Å². The Bertz CT molecular complexity index is 596. The minimum atomic E-state index is 0.538. The average molecular weight is 322 g/mol. The summed E-state index contributed by atoms with van der Waals surface area (Å²) >= 11 is 0. The summed E-state index contributed by atoms with van der Waals surface area (Å²) in [5, 5.41) is 3.81. The number of nitrogens with one attached hydrogen (secondary N) is 1. The van der Waals surface area contributed by atoms with Crippen LogP contribution in [0.25, 0.3) is 0 Å². The van der Waals surface area contributed by atoms with Crippen LogP contribution in [-0.2, 0) is 13.0 Å². The van der Waals surface area contributed by atoms with Crippen LogP contribution in [0.5, 0.6) is 0 Å². The van der Waals surface area contributed by atoms with Gasteiger partial charge in [-0.25, -0.2) is 0 Å².